The van der Waals surface area contributed by atoms with E-state index in [2.05, 4.69) is 86.9 Å². The number of hydrogen-bond donors (Lipinski definition) is 0. The van der Waals surface area contributed by atoms with Gasteiger partial charge in [-0.25, -0.2) is 4.99 Å². The number of nitrogens with zero attached hydrogens (tertiary/aromatic N) is 4. The monoisotopic (exact) mass is 494 g/mol. The number of hydrogen-bond acceptors (Lipinski definition) is 6. The van der Waals surface area contributed by atoms with E-state index in [4.69, 9.17) is 4.99 Å². The average molecular weight is 495 g/mol. The van der Waals surface area contributed by atoms with Crippen molar-refractivity contribution in [1.29, 1.82) is 0 Å². The zero-order chi connectivity index (χ0) is 24.2. The first-order valence-electron chi connectivity index (χ1n) is 12.2. The maximum Gasteiger partial charge on any atom is 0.269 e. The number of benzene rings is 2. The highest BCUT2D eigenvalue weighted by molar-refractivity contribution is 8.19. The number of anilines is 2. The van der Waals surface area contributed by atoms with E-state index in [0.29, 0.717) is 6.54 Å². The molecule has 2 aliphatic rings. The molecule has 180 valence electrons. The fraction of sp³-hybridized carbons (Fsp3) is 0.407. The van der Waals surface area contributed by atoms with E-state index in [9.17, 15) is 4.79 Å². The Kier molecular flexibility index (Phi) is 7.94. The quantitative estimate of drug-likeness (QED) is 0.369. The minimum absolute atomic E-state index is 0.0726. The Hall–Kier alpha value is -2.38. The van der Waals surface area contributed by atoms with Gasteiger partial charge in [-0.1, -0.05) is 37.2 Å². The van der Waals surface area contributed by atoms with Gasteiger partial charge in [-0.2, -0.15) is 0 Å². The van der Waals surface area contributed by atoms with Gasteiger partial charge in [0.2, 0.25) is 0 Å². The average Bonchev–Trinajstić information content (AvgIpc) is 3.36. The van der Waals surface area contributed by atoms with Gasteiger partial charge < -0.3 is 9.80 Å². The van der Waals surface area contributed by atoms with Crippen LogP contribution in [0, 0.1) is 6.92 Å². The first-order valence-corrected chi connectivity index (χ1v) is 13.9. The summed E-state index contributed by atoms with van der Waals surface area (Å²) < 4.78 is 0. The third-order valence-electron chi connectivity index (χ3n) is 6.24. The molecule has 0 spiro atoms. The molecular weight excluding hydrogens is 460 g/mol. The first-order chi connectivity index (χ1) is 16.5. The van der Waals surface area contributed by atoms with E-state index >= 15 is 0 Å². The van der Waals surface area contributed by atoms with Crippen LogP contribution in [-0.2, 0) is 4.79 Å². The highest BCUT2D eigenvalue weighted by Crippen LogP contribution is 2.50. The SMILES string of the molecule is CCCCN1C(=O)C(=C2Sc3ccccc3N2CC)SC1=Nc1ccc(N(CC)CC)cc1C. The molecule has 1 fully saturated rings. The Bertz CT molecular complexity index is 1120. The number of aryl methyl sites for hydroxylation is 1. The van der Waals surface area contributed by atoms with Crippen LogP contribution in [0.5, 0.6) is 0 Å². The Morgan fingerprint density at radius 2 is 1.74 bits per heavy atom. The molecule has 0 aromatic heterocycles. The lowest BCUT2D eigenvalue weighted by molar-refractivity contribution is -0.122. The fourth-order valence-electron chi connectivity index (χ4n) is 4.30. The molecule has 0 aliphatic carbocycles. The number of amidine groups is 1. The van der Waals surface area contributed by atoms with E-state index in [1.54, 1.807) is 11.8 Å². The molecule has 2 aliphatic heterocycles. The summed E-state index contributed by atoms with van der Waals surface area (Å²) in [5.74, 6) is 0.0726. The Labute approximate surface area is 212 Å². The van der Waals surface area contributed by atoms with E-state index < -0.39 is 0 Å². The van der Waals surface area contributed by atoms with Crippen molar-refractivity contribution in [3.05, 3.63) is 58.0 Å². The van der Waals surface area contributed by atoms with Gasteiger partial charge in [0.05, 0.1) is 11.4 Å². The lowest BCUT2D eigenvalue weighted by Crippen LogP contribution is -2.30. The summed E-state index contributed by atoms with van der Waals surface area (Å²) in [6.07, 6.45) is 1.99. The smallest absolute Gasteiger partial charge is 0.269 e. The van der Waals surface area contributed by atoms with Gasteiger partial charge in [-0.05, 0) is 81.8 Å². The minimum atomic E-state index is 0.0726. The molecule has 0 atom stereocenters. The summed E-state index contributed by atoms with van der Waals surface area (Å²) in [6.45, 7) is 14.2. The van der Waals surface area contributed by atoms with Gasteiger partial charge in [0, 0.05) is 36.8 Å². The van der Waals surface area contributed by atoms with Crippen molar-refractivity contribution in [2.45, 2.75) is 52.4 Å². The molecule has 0 N–H and O–H groups in total. The first kappa shape index (κ1) is 24.7. The fourth-order valence-corrected chi connectivity index (χ4v) is 6.71. The molecule has 0 unspecified atom stereocenters. The van der Waals surface area contributed by atoms with E-state index in [1.165, 1.54) is 28.0 Å². The summed E-state index contributed by atoms with van der Waals surface area (Å²) in [7, 11) is 0. The number of thioether (sulfide) groups is 2. The third-order valence-corrected chi connectivity index (χ3v) is 8.62. The number of fused-ring (bicyclic) bond motifs is 1. The van der Waals surface area contributed by atoms with Crippen LogP contribution < -0.4 is 9.80 Å². The van der Waals surface area contributed by atoms with Gasteiger partial charge in [-0.3, -0.25) is 9.69 Å². The zero-order valence-electron chi connectivity index (χ0n) is 20.8. The van der Waals surface area contributed by atoms with E-state index in [1.807, 2.05) is 4.90 Å². The van der Waals surface area contributed by atoms with Crippen molar-refractivity contribution >= 4 is 51.7 Å². The van der Waals surface area contributed by atoms with Crippen LogP contribution in [0.25, 0.3) is 0 Å². The number of para-hydroxylation sites is 1. The van der Waals surface area contributed by atoms with Crippen molar-refractivity contribution < 1.29 is 4.79 Å². The lowest BCUT2D eigenvalue weighted by Gasteiger charge is -2.22. The second-order valence-electron chi connectivity index (χ2n) is 8.40. The van der Waals surface area contributed by atoms with Crippen molar-refractivity contribution in [1.82, 2.24) is 4.90 Å². The van der Waals surface area contributed by atoms with Crippen molar-refractivity contribution in [2.24, 2.45) is 4.99 Å². The number of amides is 1. The molecule has 1 amide bonds. The standard InChI is InChI=1S/C27H34N4OS2/c1-6-10-17-31-25(32)24(26-30(9-4)22-13-11-12-14-23(22)33-26)34-27(31)28-21-16-15-20(18-19(21)5)29(7-2)8-3/h11-16,18H,6-10,17H2,1-5H3. The van der Waals surface area contributed by atoms with Crippen molar-refractivity contribution in [2.75, 3.05) is 36.0 Å². The molecule has 1 saturated heterocycles. The highest BCUT2D eigenvalue weighted by atomic mass is 32.2. The molecule has 2 aromatic rings. The Morgan fingerprint density at radius 3 is 2.41 bits per heavy atom. The Balaban J connectivity index is 1.71. The number of carbonyl (C=O) groups excluding carboxylic acids is 1. The molecule has 0 radical (unpaired) electrons. The third kappa shape index (κ3) is 4.73. The highest BCUT2D eigenvalue weighted by Gasteiger charge is 2.39. The second-order valence-corrected chi connectivity index (χ2v) is 10.4. The number of aliphatic imine (C=N–C) groups is 1. The zero-order valence-corrected chi connectivity index (χ0v) is 22.4. The van der Waals surface area contributed by atoms with Crippen LogP contribution in [0.2, 0.25) is 0 Å². The van der Waals surface area contributed by atoms with Gasteiger partial charge in [-0.15, -0.1) is 0 Å². The van der Waals surface area contributed by atoms with Crippen LogP contribution in [0.1, 0.15) is 46.1 Å². The van der Waals surface area contributed by atoms with Gasteiger partial charge in [0.1, 0.15) is 9.93 Å². The molecule has 2 aromatic carbocycles. The maximum absolute atomic E-state index is 13.6. The number of carbonyl (C=O) groups is 1. The van der Waals surface area contributed by atoms with E-state index in [0.717, 1.165) is 58.8 Å². The van der Waals surface area contributed by atoms with Crippen LogP contribution in [0.3, 0.4) is 0 Å². The molecule has 4 rings (SSSR count). The topological polar surface area (TPSA) is 39.2 Å². The molecule has 34 heavy (non-hydrogen) atoms. The minimum Gasteiger partial charge on any atom is -0.372 e. The molecule has 0 saturated carbocycles. The van der Waals surface area contributed by atoms with Crippen LogP contribution in [-0.4, -0.2) is 42.2 Å². The Morgan fingerprint density at radius 1 is 0.971 bits per heavy atom. The summed E-state index contributed by atoms with van der Waals surface area (Å²) in [5.41, 5.74) is 4.44. The molecule has 2 heterocycles. The van der Waals surface area contributed by atoms with Gasteiger partial charge >= 0.3 is 0 Å². The number of unbranched alkanes of at least 4 members (excludes halogenated alkanes) is 1. The lowest BCUT2D eigenvalue weighted by atomic mass is 10.1. The largest absolute Gasteiger partial charge is 0.372 e. The van der Waals surface area contributed by atoms with Crippen molar-refractivity contribution in [3.63, 3.8) is 0 Å². The van der Waals surface area contributed by atoms with E-state index in [-0.39, 0.29) is 5.91 Å². The predicted molar refractivity (Wildman–Crippen MR) is 148 cm³/mol. The molecule has 7 heteroatoms. The molecule has 5 nitrogen and oxygen atoms in total. The molecule has 0 bridgehead atoms. The molecular formula is C27H34N4OS2. The van der Waals surface area contributed by atoms with Crippen LogP contribution in [0.4, 0.5) is 17.1 Å². The summed E-state index contributed by atoms with van der Waals surface area (Å²) in [5, 5.41) is 1.81. The second kappa shape index (κ2) is 10.9. The number of rotatable bonds is 8. The predicted octanol–water partition coefficient (Wildman–Crippen LogP) is 7.01. The normalized spacial score (nSPS) is 18.9. The maximum atomic E-state index is 13.6. The van der Waals surface area contributed by atoms with Gasteiger partial charge in [0.25, 0.3) is 5.91 Å². The summed E-state index contributed by atoms with van der Waals surface area (Å²) in [4.78, 5) is 27.1. The van der Waals surface area contributed by atoms with Crippen LogP contribution in [0.15, 0.2) is 62.3 Å². The summed E-state index contributed by atoms with van der Waals surface area (Å²) >= 11 is 3.21. The van der Waals surface area contributed by atoms with Crippen molar-refractivity contribution in [3.8, 4) is 0 Å². The summed E-state index contributed by atoms with van der Waals surface area (Å²) in [6, 6.07) is 14.8. The van der Waals surface area contributed by atoms with Gasteiger partial charge in [0.15, 0.2) is 5.17 Å². The van der Waals surface area contributed by atoms with Crippen LogP contribution >= 0.6 is 23.5 Å².